The standard InChI is InChI=1S/C15H21NO3S/c1-9(2)14(15(18)19)16-13(17)8-20-12-6-5-10(3)7-11(12)4/h5-7,9,14H,8H2,1-4H3,(H,16,17)(H,18,19)/t14-/m0/s1. The molecule has 20 heavy (non-hydrogen) atoms. The first-order valence-corrected chi connectivity index (χ1v) is 7.52. The molecule has 0 heterocycles. The normalized spacial score (nSPS) is 12.2. The van der Waals surface area contributed by atoms with Crippen LogP contribution in [0.5, 0.6) is 0 Å². The van der Waals surface area contributed by atoms with Gasteiger partial charge in [0.15, 0.2) is 0 Å². The molecule has 0 unspecified atom stereocenters. The summed E-state index contributed by atoms with van der Waals surface area (Å²) in [7, 11) is 0. The highest BCUT2D eigenvalue weighted by Gasteiger charge is 2.23. The molecule has 0 saturated heterocycles. The second-order valence-corrected chi connectivity index (χ2v) is 6.20. The third kappa shape index (κ3) is 4.89. The first kappa shape index (κ1) is 16.6. The Labute approximate surface area is 124 Å². The van der Waals surface area contributed by atoms with E-state index in [9.17, 15) is 9.59 Å². The molecule has 0 radical (unpaired) electrons. The molecule has 2 N–H and O–H groups in total. The van der Waals surface area contributed by atoms with Crippen molar-refractivity contribution < 1.29 is 14.7 Å². The Morgan fingerprint density at radius 3 is 2.45 bits per heavy atom. The van der Waals surface area contributed by atoms with E-state index in [1.807, 2.05) is 26.0 Å². The molecule has 1 aromatic rings. The Bertz CT molecular complexity index is 500. The van der Waals surface area contributed by atoms with Crippen molar-refractivity contribution in [3.05, 3.63) is 29.3 Å². The molecular formula is C15H21NO3S. The maximum atomic E-state index is 11.8. The number of rotatable bonds is 6. The zero-order valence-electron chi connectivity index (χ0n) is 12.3. The summed E-state index contributed by atoms with van der Waals surface area (Å²) in [5, 5.41) is 11.6. The van der Waals surface area contributed by atoms with Gasteiger partial charge in [-0.1, -0.05) is 31.5 Å². The molecule has 1 atom stereocenters. The predicted octanol–water partition coefficient (Wildman–Crippen LogP) is 2.62. The summed E-state index contributed by atoms with van der Waals surface area (Å²) in [6, 6.07) is 5.22. The number of benzene rings is 1. The Balaban J connectivity index is 2.57. The van der Waals surface area contributed by atoms with Gasteiger partial charge in [-0.2, -0.15) is 0 Å². The van der Waals surface area contributed by atoms with Gasteiger partial charge in [0.1, 0.15) is 6.04 Å². The van der Waals surface area contributed by atoms with E-state index >= 15 is 0 Å². The van der Waals surface area contributed by atoms with Crippen molar-refractivity contribution in [2.75, 3.05) is 5.75 Å². The summed E-state index contributed by atoms with van der Waals surface area (Å²) in [6.45, 7) is 7.57. The van der Waals surface area contributed by atoms with Gasteiger partial charge in [0.2, 0.25) is 5.91 Å². The van der Waals surface area contributed by atoms with E-state index in [1.165, 1.54) is 17.3 Å². The molecule has 110 valence electrons. The fraction of sp³-hybridized carbons (Fsp3) is 0.467. The summed E-state index contributed by atoms with van der Waals surface area (Å²) < 4.78 is 0. The first-order valence-electron chi connectivity index (χ1n) is 6.53. The Kier molecular flexibility index (Phi) is 6.07. The summed E-state index contributed by atoms with van der Waals surface area (Å²) in [6.07, 6.45) is 0. The highest BCUT2D eigenvalue weighted by Crippen LogP contribution is 2.22. The molecule has 4 nitrogen and oxygen atoms in total. The van der Waals surface area contributed by atoms with Gasteiger partial charge in [-0.25, -0.2) is 4.79 Å². The SMILES string of the molecule is Cc1ccc(SCC(=O)N[C@H](C(=O)O)C(C)C)c(C)c1. The van der Waals surface area contributed by atoms with Crippen LogP contribution in [0.2, 0.25) is 0 Å². The lowest BCUT2D eigenvalue weighted by Crippen LogP contribution is -2.45. The van der Waals surface area contributed by atoms with Gasteiger partial charge in [0.05, 0.1) is 5.75 Å². The average molecular weight is 295 g/mol. The van der Waals surface area contributed by atoms with Crippen LogP contribution in [0, 0.1) is 19.8 Å². The van der Waals surface area contributed by atoms with Crippen LogP contribution in [0.4, 0.5) is 0 Å². The molecular weight excluding hydrogens is 274 g/mol. The second-order valence-electron chi connectivity index (χ2n) is 5.19. The molecule has 0 aliphatic carbocycles. The zero-order valence-corrected chi connectivity index (χ0v) is 13.1. The van der Waals surface area contributed by atoms with Crippen LogP contribution in [-0.4, -0.2) is 28.8 Å². The van der Waals surface area contributed by atoms with Gasteiger partial charge >= 0.3 is 5.97 Å². The lowest BCUT2D eigenvalue weighted by Gasteiger charge is -2.17. The van der Waals surface area contributed by atoms with Crippen LogP contribution < -0.4 is 5.32 Å². The number of amides is 1. The number of carboxylic acids is 1. The number of hydrogen-bond donors (Lipinski definition) is 2. The van der Waals surface area contributed by atoms with Crippen molar-refractivity contribution in [1.29, 1.82) is 0 Å². The molecule has 1 aromatic carbocycles. The van der Waals surface area contributed by atoms with Crippen LogP contribution in [-0.2, 0) is 9.59 Å². The van der Waals surface area contributed by atoms with E-state index in [4.69, 9.17) is 5.11 Å². The van der Waals surface area contributed by atoms with Crippen molar-refractivity contribution >= 4 is 23.6 Å². The van der Waals surface area contributed by atoms with Gasteiger partial charge in [0, 0.05) is 4.90 Å². The molecule has 0 spiro atoms. The van der Waals surface area contributed by atoms with Crippen LogP contribution in [0.1, 0.15) is 25.0 Å². The van der Waals surface area contributed by atoms with Crippen molar-refractivity contribution in [3.8, 4) is 0 Å². The van der Waals surface area contributed by atoms with E-state index in [2.05, 4.69) is 11.4 Å². The van der Waals surface area contributed by atoms with Gasteiger partial charge in [-0.15, -0.1) is 11.8 Å². The number of aliphatic carboxylic acids is 1. The largest absolute Gasteiger partial charge is 0.480 e. The summed E-state index contributed by atoms with van der Waals surface area (Å²) in [4.78, 5) is 23.9. The van der Waals surface area contributed by atoms with Crippen molar-refractivity contribution in [1.82, 2.24) is 5.32 Å². The number of aryl methyl sites for hydroxylation is 2. The fourth-order valence-corrected chi connectivity index (χ4v) is 2.65. The molecule has 0 aliphatic heterocycles. The Morgan fingerprint density at radius 1 is 1.30 bits per heavy atom. The van der Waals surface area contributed by atoms with E-state index in [1.54, 1.807) is 13.8 Å². The number of carbonyl (C=O) groups excluding carboxylic acids is 1. The third-order valence-electron chi connectivity index (χ3n) is 2.94. The molecule has 1 rings (SSSR count). The third-order valence-corrected chi connectivity index (χ3v) is 4.11. The summed E-state index contributed by atoms with van der Waals surface area (Å²) in [5.41, 5.74) is 2.31. The van der Waals surface area contributed by atoms with Crippen LogP contribution in [0.25, 0.3) is 0 Å². The van der Waals surface area contributed by atoms with Gasteiger partial charge < -0.3 is 10.4 Å². The Morgan fingerprint density at radius 2 is 1.95 bits per heavy atom. The van der Waals surface area contributed by atoms with Crippen molar-refractivity contribution in [2.45, 2.75) is 38.6 Å². The zero-order chi connectivity index (χ0) is 15.3. The number of carboxylic acid groups (broad SMARTS) is 1. The Hall–Kier alpha value is -1.49. The molecule has 0 bridgehead atoms. The quantitative estimate of drug-likeness (QED) is 0.792. The van der Waals surface area contributed by atoms with Crippen LogP contribution in [0.15, 0.2) is 23.1 Å². The lowest BCUT2D eigenvalue weighted by atomic mass is 10.1. The maximum Gasteiger partial charge on any atom is 0.326 e. The first-order chi connectivity index (χ1) is 9.31. The van der Waals surface area contributed by atoms with Crippen molar-refractivity contribution in [3.63, 3.8) is 0 Å². The molecule has 1 amide bonds. The molecule has 0 aliphatic rings. The second kappa shape index (κ2) is 7.33. The number of carbonyl (C=O) groups is 2. The van der Waals surface area contributed by atoms with Gasteiger partial charge in [-0.3, -0.25) is 4.79 Å². The molecule has 5 heteroatoms. The van der Waals surface area contributed by atoms with Crippen LogP contribution >= 0.6 is 11.8 Å². The minimum atomic E-state index is -0.995. The van der Waals surface area contributed by atoms with Crippen molar-refractivity contribution in [2.24, 2.45) is 5.92 Å². The monoisotopic (exact) mass is 295 g/mol. The highest BCUT2D eigenvalue weighted by molar-refractivity contribution is 8.00. The summed E-state index contributed by atoms with van der Waals surface area (Å²) >= 11 is 1.42. The van der Waals surface area contributed by atoms with E-state index in [0.717, 1.165) is 10.5 Å². The van der Waals surface area contributed by atoms with Gasteiger partial charge in [0.25, 0.3) is 0 Å². The minimum absolute atomic E-state index is 0.137. The maximum absolute atomic E-state index is 11.8. The number of nitrogens with one attached hydrogen (secondary N) is 1. The molecule has 0 aromatic heterocycles. The van der Waals surface area contributed by atoms with Crippen LogP contribution in [0.3, 0.4) is 0 Å². The molecule has 0 saturated carbocycles. The van der Waals surface area contributed by atoms with E-state index in [-0.39, 0.29) is 17.6 Å². The lowest BCUT2D eigenvalue weighted by molar-refractivity contribution is -0.142. The van der Waals surface area contributed by atoms with E-state index < -0.39 is 12.0 Å². The predicted molar refractivity (Wildman–Crippen MR) is 81.0 cm³/mol. The fourth-order valence-electron chi connectivity index (χ4n) is 1.83. The summed E-state index contributed by atoms with van der Waals surface area (Å²) in [5.74, 6) is -1.16. The molecule has 0 fully saturated rings. The minimum Gasteiger partial charge on any atom is -0.480 e. The smallest absolute Gasteiger partial charge is 0.326 e. The topological polar surface area (TPSA) is 66.4 Å². The van der Waals surface area contributed by atoms with Gasteiger partial charge in [-0.05, 0) is 31.4 Å². The average Bonchev–Trinajstić information content (AvgIpc) is 2.34. The highest BCUT2D eigenvalue weighted by atomic mass is 32.2. The number of hydrogen-bond acceptors (Lipinski definition) is 3. The number of thioether (sulfide) groups is 1. The van der Waals surface area contributed by atoms with E-state index in [0.29, 0.717) is 0 Å².